The minimum absolute atomic E-state index is 0.192. The van der Waals surface area contributed by atoms with Gasteiger partial charge in [0.1, 0.15) is 5.76 Å². The molecule has 0 saturated heterocycles. The molecule has 0 aliphatic carbocycles. The summed E-state index contributed by atoms with van der Waals surface area (Å²) in [7, 11) is 1.51. The van der Waals surface area contributed by atoms with Crippen molar-refractivity contribution in [1.82, 2.24) is 10.3 Å². The zero-order valence-electron chi connectivity index (χ0n) is 9.34. The molecule has 0 aliphatic heterocycles. The molecule has 2 heterocycles. The first-order valence-corrected chi connectivity index (χ1v) is 5.10. The third-order valence-corrected chi connectivity index (χ3v) is 2.21. The largest absolute Gasteiger partial charge is 0.481 e. The van der Waals surface area contributed by atoms with Crippen LogP contribution in [-0.4, -0.2) is 18.0 Å². The number of nitrogens with one attached hydrogen (secondary N) is 1. The molecule has 0 unspecified atom stereocenters. The van der Waals surface area contributed by atoms with Crippen LogP contribution in [0.15, 0.2) is 41.1 Å². The summed E-state index contributed by atoms with van der Waals surface area (Å²) in [4.78, 5) is 15.7. The zero-order chi connectivity index (χ0) is 12.1. The predicted octanol–water partition coefficient (Wildman–Crippen LogP) is 1.61. The van der Waals surface area contributed by atoms with Gasteiger partial charge in [-0.1, -0.05) is 0 Å². The second-order valence-corrected chi connectivity index (χ2v) is 3.35. The van der Waals surface area contributed by atoms with Crippen molar-refractivity contribution in [2.45, 2.75) is 6.54 Å². The lowest BCUT2D eigenvalue weighted by atomic mass is 10.2. The van der Waals surface area contributed by atoms with Gasteiger partial charge in [0.25, 0.3) is 5.91 Å². The number of aromatic nitrogens is 1. The summed E-state index contributed by atoms with van der Waals surface area (Å²) in [5.41, 5.74) is 0.503. The van der Waals surface area contributed by atoms with Crippen LogP contribution in [0.2, 0.25) is 0 Å². The minimum atomic E-state index is -0.192. The Morgan fingerprint density at radius 1 is 1.53 bits per heavy atom. The molecule has 0 spiro atoms. The molecular formula is C12H12N2O3. The standard InChI is InChI=1S/C12H12N2O3/c1-16-11-7-9(4-5-13-11)12(15)14-8-10-3-2-6-17-10/h2-7H,8H2,1H3,(H,14,15). The fourth-order valence-corrected chi connectivity index (χ4v) is 1.34. The molecule has 5 heteroatoms. The van der Waals surface area contributed by atoms with Crippen LogP contribution in [-0.2, 0) is 6.54 Å². The van der Waals surface area contributed by atoms with E-state index in [1.165, 1.54) is 13.3 Å². The zero-order valence-corrected chi connectivity index (χ0v) is 9.34. The Bertz CT molecular complexity index is 494. The van der Waals surface area contributed by atoms with Crippen LogP contribution in [0.1, 0.15) is 16.1 Å². The molecule has 0 aliphatic rings. The molecule has 0 saturated carbocycles. The van der Waals surface area contributed by atoms with E-state index in [1.807, 2.05) is 0 Å². The van der Waals surface area contributed by atoms with Crippen LogP contribution >= 0.6 is 0 Å². The maximum absolute atomic E-state index is 11.8. The molecule has 2 aromatic heterocycles. The van der Waals surface area contributed by atoms with Gasteiger partial charge in [-0.25, -0.2) is 4.98 Å². The normalized spacial score (nSPS) is 9.94. The molecule has 2 aromatic rings. The van der Waals surface area contributed by atoms with E-state index in [1.54, 1.807) is 30.5 Å². The van der Waals surface area contributed by atoms with Gasteiger partial charge in [-0.2, -0.15) is 0 Å². The van der Waals surface area contributed by atoms with Crippen LogP contribution in [0.25, 0.3) is 0 Å². The fourth-order valence-electron chi connectivity index (χ4n) is 1.34. The van der Waals surface area contributed by atoms with Crippen molar-refractivity contribution < 1.29 is 13.9 Å². The number of nitrogens with zero attached hydrogens (tertiary/aromatic N) is 1. The van der Waals surface area contributed by atoms with E-state index in [2.05, 4.69) is 10.3 Å². The van der Waals surface area contributed by atoms with E-state index < -0.39 is 0 Å². The lowest BCUT2D eigenvalue weighted by Crippen LogP contribution is -2.22. The molecule has 1 N–H and O–H groups in total. The van der Waals surface area contributed by atoms with Crippen LogP contribution < -0.4 is 10.1 Å². The highest BCUT2D eigenvalue weighted by atomic mass is 16.5. The average molecular weight is 232 g/mol. The summed E-state index contributed by atoms with van der Waals surface area (Å²) in [5, 5.41) is 2.74. The van der Waals surface area contributed by atoms with Gasteiger partial charge in [0, 0.05) is 17.8 Å². The van der Waals surface area contributed by atoms with Gasteiger partial charge >= 0.3 is 0 Å². The summed E-state index contributed by atoms with van der Waals surface area (Å²) in [5.74, 6) is 0.928. The van der Waals surface area contributed by atoms with E-state index >= 15 is 0 Å². The quantitative estimate of drug-likeness (QED) is 0.869. The van der Waals surface area contributed by atoms with Crippen molar-refractivity contribution in [2.24, 2.45) is 0 Å². The van der Waals surface area contributed by atoms with Crippen molar-refractivity contribution in [3.63, 3.8) is 0 Å². The van der Waals surface area contributed by atoms with Gasteiger partial charge in [0.2, 0.25) is 5.88 Å². The smallest absolute Gasteiger partial charge is 0.251 e. The summed E-state index contributed by atoms with van der Waals surface area (Å²) in [6.07, 6.45) is 3.09. The molecule has 0 aromatic carbocycles. The maximum Gasteiger partial charge on any atom is 0.251 e. The van der Waals surface area contributed by atoms with Gasteiger partial charge in [-0.05, 0) is 18.2 Å². The lowest BCUT2D eigenvalue weighted by molar-refractivity contribution is 0.0947. The van der Waals surface area contributed by atoms with Crippen molar-refractivity contribution in [3.8, 4) is 5.88 Å². The SMILES string of the molecule is COc1cc(C(=O)NCc2ccco2)ccn1. The number of hydrogen-bond acceptors (Lipinski definition) is 4. The number of carbonyl (C=O) groups is 1. The van der Waals surface area contributed by atoms with Gasteiger partial charge in [0.15, 0.2) is 0 Å². The molecule has 88 valence electrons. The number of methoxy groups -OCH3 is 1. The third kappa shape index (κ3) is 2.84. The van der Waals surface area contributed by atoms with Crippen molar-refractivity contribution in [2.75, 3.05) is 7.11 Å². The molecule has 17 heavy (non-hydrogen) atoms. The van der Waals surface area contributed by atoms with Crippen molar-refractivity contribution in [1.29, 1.82) is 0 Å². The Hall–Kier alpha value is -2.30. The molecule has 0 radical (unpaired) electrons. The molecule has 1 amide bonds. The predicted molar refractivity (Wildman–Crippen MR) is 60.7 cm³/mol. The van der Waals surface area contributed by atoms with Crippen LogP contribution in [0.5, 0.6) is 5.88 Å². The Kier molecular flexibility index (Phi) is 3.40. The van der Waals surface area contributed by atoms with E-state index in [4.69, 9.17) is 9.15 Å². The van der Waals surface area contributed by atoms with Gasteiger partial charge < -0.3 is 14.5 Å². The van der Waals surface area contributed by atoms with E-state index in [-0.39, 0.29) is 5.91 Å². The van der Waals surface area contributed by atoms with Crippen molar-refractivity contribution in [3.05, 3.63) is 48.0 Å². The number of furan rings is 1. The second kappa shape index (κ2) is 5.16. The number of hydrogen-bond donors (Lipinski definition) is 1. The molecule has 0 bridgehead atoms. The van der Waals surface area contributed by atoms with Crippen molar-refractivity contribution >= 4 is 5.91 Å². The Balaban J connectivity index is 1.99. The Morgan fingerprint density at radius 3 is 3.12 bits per heavy atom. The summed E-state index contributed by atoms with van der Waals surface area (Å²) >= 11 is 0. The second-order valence-electron chi connectivity index (χ2n) is 3.35. The van der Waals surface area contributed by atoms with Gasteiger partial charge in [-0.15, -0.1) is 0 Å². The number of amides is 1. The lowest BCUT2D eigenvalue weighted by Gasteiger charge is -2.04. The first-order valence-electron chi connectivity index (χ1n) is 5.10. The first kappa shape index (κ1) is 11.2. The summed E-state index contributed by atoms with van der Waals surface area (Å²) in [6.45, 7) is 0.358. The highest BCUT2D eigenvalue weighted by molar-refractivity contribution is 5.94. The van der Waals surface area contributed by atoms with Crippen LogP contribution in [0, 0.1) is 0 Å². The maximum atomic E-state index is 11.8. The molecule has 0 atom stereocenters. The molecule has 0 fully saturated rings. The molecular weight excluding hydrogens is 220 g/mol. The Labute approximate surface area is 98.4 Å². The number of carbonyl (C=O) groups excluding carboxylic acids is 1. The highest BCUT2D eigenvalue weighted by Gasteiger charge is 2.07. The van der Waals surface area contributed by atoms with E-state index in [9.17, 15) is 4.79 Å². The van der Waals surface area contributed by atoms with Crippen LogP contribution in [0.4, 0.5) is 0 Å². The monoisotopic (exact) mass is 232 g/mol. The highest BCUT2D eigenvalue weighted by Crippen LogP contribution is 2.08. The molecule has 5 nitrogen and oxygen atoms in total. The fraction of sp³-hybridized carbons (Fsp3) is 0.167. The minimum Gasteiger partial charge on any atom is -0.481 e. The molecule has 2 rings (SSSR count). The third-order valence-electron chi connectivity index (χ3n) is 2.21. The Morgan fingerprint density at radius 2 is 2.41 bits per heavy atom. The first-order chi connectivity index (χ1) is 8.29. The van der Waals surface area contributed by atoms with E-state index in [0.29, 0.717) is 23.7 Å². The number of pyridine rings is 1. The van der Waals surface area contributed by atoms with Gasteiger partial charge in [-0.3, -0.25) is 4.79 Å². The average Bonchev–Trinajstić information content (AvgIpc) is 2.89. The van der Waals surface area contributed by atoms with Crippen LogP contribution in [0.3, 0.4) is 0 Å². The van der Waals surface area contributed by atoms with E-state index in [0.717, 1.165) is 0 Å². The van der Waals surface area contributed by atoms with Gasteiger partial charge in [0.05, 0.1) is 19.9 Å². The number of rotatable bonds is 4. The summed E-state index contributed by atoms with van der Waals surface area (Å²) < 4.78 is 10.1. The topological polar surface area (TPSA) is 64.4 Å². The number of ether oxygens (including phenoxy) is 1. The summed E-state index contributed by atoms with van der Waals surface area (Å²) in [6, 6.07) is 6.78.